The number of carbonyl (C=O) groups excluding carboxylic acids is 1. The van der Waals surface area contributed by atoms with Crippen molar-refractivity contribution in [3.05, 3.63) is 35.9 Å². The molecule has 1 N–H and O–H groups in total. The first-order chi connectivity index (χ1) is 11.7. The molecule has 24 heavy (non-hydrogen) atoms. The molecule has 5 heteroatoms. The second kappa shape index (κ2) is 8.88. The van der Waals surface area contributed by atoms with Gasteiger partial charge < -0.3 is 10.2 Å². The van der Waals surface area contributed by atoms with Crippen molar-refractivity contribution < 1.29 is 4.79 Å². The van der Waals surface area contributed by atoms with Crippen LogP contribution < -0.4 is 5.32 Å². The highest BCUT2D eigenvalue weighted by Gasteiger charge is 2.27. The van der Waals surface area contributed by atoms with Gasteiger partial charge in [-0.3, -0.25) is 9.69 Å². The average molecular weight is 348 g/mol. The van der Waals surface area contributed by atoms with E-state index in [4.69, 9.17) is 0 Å². The summed E-state index contributed by atoms with van der Waals surface area (Å²) in [6.45, 7) is 3.21. The van der Waals surface area contributed by atoms with Crippen molar-refractivity contribution in [2.24, 2.45) is 0 Å². The predicted octanol–water partition coefficient (Wildman–Crippen LogP) is 2.20. The van der Waals surface area contributed by atoms with Crippen LogP contribution in [0, 0.1) is 0 Å². The van der Waals surface area contributed by atoms with Gasteiger partial charge in [-0.2, -0.15) is 11.8 Å². The summed E-state index contributed by atoms with van der Waals surface area (Å²) in [5, 5.41) is 3.62. The lowest BCUT2D eigenvalue weighted by molar-refractivity contribution is -0.133. The van der Waals surface area contributed by atoms with E-state index in [0.29, 0.717) is 24.5 Å². The molecule has 0 aliphatic carbocycles. The topological polar surface area (TPSA) is 35.6 Å². The van der Waals surface area contributed by atoms with E-state index in [1.807, 2.05) is 17.8 Å². The number of rotatable bonds is 6. The molecule has 1 aromatic rings. The summed E-state index contributed by atoms with van der Waals surface area (Å²) in [5.74, 6) is 2.70. The molecule has 0 unspecified atom stereocenters. The number of thioether (sulfide) groups is 1. The Morgan fingerprint density at radius 1 is 1.33 bits per heavy atom. The molecule has 1 aromatic carbocycles. The van der Waals surface area contributed by atoms with Crippen molar-refractivity contribution in [3.63, 3.8) is 0 Å². The fraction of sp³-hybridized carbons (Fsp3) is 0.632. The van der Waals surface area contributed by atoms with E-state index in [2.05, 4.69) is 46.4 Å². The Morgan fingerprint density at radius 2 is 2.17 bits per heavy atom. The van der Waals surface area contributed by atoms with E-state index in [1.165, 1.54) is 23.5 Å². The Bertz CT molecular complexity index is 519. The van der Waals surface area contributed by atoms with E-state index in [9.17, 15) is 4.79 Å². The van der Waals surface area contributed by atoms with E-state index in [-0.39, 0.29) is 0 Å². The summed E-state index contributed by atoms with van der Waals surface area (Å²) in [6.07, 6.45) is 3.47. The van der Waals surface area contributed by atoms with Crippen LogP contribution in [0.2, 0.25) is 0 Å². The molecular formula is C19H29N3OS. The number of nitrogens with one attached hydrogen (secondary N) is 1. The summed E-state index contributed by atoms with van der Waals surface area (Å²) in [7, 11) is 2.10. The van der Waals surface area contributed by atoms with Gasteiger partial charge in [-0.05, 0) is 37.6 Å². The molecule has 2 fully saturated rings. The third-order valence-corrected chi connectivity index (χ3v) is 6.27. The SMILES string of the molecule is CN(CC(=O)N1CCC[C@@H](NCc2ccccc2)C1)[C@@H]1CCSC1. The van der Waals surface area contributed by atoms with Crippen LogP contribution in [-0.2, 0) is 11.3 Å². The number of hydrogen-bond acceptors (Lipinski definition) is 4. The van der Waals surface area contributed by atoms with Gasteiger partial charge in [0.2, 0.25) is 5.91 Å². The van der Waals surface area contributed by atoms with Gasteiger partial charge in [0.05, 0.1) is 6.54 Å². The average Bonchev–Trinajstić information content (AvgIpc) is 3.16. The van der Waals surface area contributed by atoms with Crippen LogP contribution in [0.3, 0.4) is 0 Å². The van der Waals surface area contributed by atoms with Crippen LogP contribution >= 0.6 is 11.8 Å². The van der Waals surface area contributed by atoms with Crippen LogP contribution in [0.5, 0.6) is 0 Å². The maximum absolute atomic E-state index is 12.6. The zero-order valence-electron chi connectivity index (χ0n) is 14.6. The van der Waals surface area contributed by atoms with E-state index < -0.39 is 0 Å². The van der Waals surface area contributed by atoms with Crippen LogP contribution in [-0.4, -0.2) is 66.0 Å². The highest BCUT2D eigenvalue weighted by molar-refractivity contribution is 7.99. The first-order valence-electron chi connectivity index (χ1n) is 9.05. The molecule has 2 saturated heterocycles. The smallest absolute Gasteiger partial charge is 0.236 e. The van der Waals surface area contributed by atoms with Crippen LogP contribution in [0.1, 0.15) is 24.8 Å². The summed E-state index contributed by atoms with van der Waals surface area (Å²) < 4.78 is 0. The number of likely N-dealkylation sites (tertiary alicyclic amines) is 1. The lowest BCUT2D eigenvalue weighted by atomic mass is 10.0. The largest absolute Gasteiger partial charge is 0.340 e. The zero-order valence-corrected chi connectivity index (χ0v) is 15.4. The normalized spacial score (nSPS) is 24.5. The minimum Gasteiger partial charge on any atom is -0.340 e. The number of nitrogens with zero attached hydrogens (tertiary/aromatic N) is 2. The van der Waals surface area contributed by atoms with Gasteiger partial charge in [-0.1, -0.05) is 30.3 Å². The molecule has 0 radical (unpaired) electrons. The molecule has 2 aliphatic rings. The molecule has 2 heterocycles. The van der Waals surface area contributed by atoms with Crippen molar-refractivity contribution >= 4 is 17.7 Å². The molecule has 2 atom stereocenters. The highest BCUT2D eigenvalue weighted by Crippen LogP contribution is 2.21. The number of amides is 1. The third-order valence-electron chi connectivity index (χ3n) is 5.13. The lowest BCUT2D eigenvalue weighted by Crippen LogP contribution is -2.51. The predicted molar refractivity (Wildman–Crippen MR) is 101 cm³/mol. The minimum absolute atomic E-state index is 0.292. The first-order valence-corrected chi connectivity index (χ1v) is 10.2. The molecule has 0 spiro atoms. The third kappa shape index (κ3) is 4.98. The molecule has 2 aliphatic heterocycles. The molecule has 0 bridgehead atoms. The second-order valence-corrected chi connectivity index (χ2v) is 8.13. The fourth-order valence-corrected chi connectivity index (χ4v) is 4.84. The Balaban J connectivity index is 1.44. The van der Waals surface area contributed by atoms with Gasteiger partial charge in [0.1, 0.15) is 0 Å². The molecule has 4 nitrogen and oxygen atoms in total. The Hall–Kier alpha value is -1.04. The van der Waals surface area contributed by atoms with Gasteiger partial charge in [-0.25, -0.2) is 0 Å². The molecule has 3 rings (SSSR count). The number of hydrogen-bond donors (Lipinski definition) is 1. The maximum atomic E-state index is 12.6. The van der Waals surface area contributed by atoms with Gasteiger partial charge in [0.15, 0.2) is 0 Å². The first kappa shape index (κ1) is 17.8. The quantitative estimate of drug-likeness (QED) is 0.856. The maximum Gasteiger partial charge on any atom is 0.236 e. The summed E-state index contributed by atoms with van der Waals surface area (Å²) in [4.78, 5) is 16.9. The van der Waals surface area contributed by atoms with Crippen molar-refractivity contribution in [2.45, 2.75) is 37.9 Å². The number of carbonyl (C=O) groups is 1. The van der Waals surface area contributed by atoms with Gasteiger partial charge in [0, 0.05) is 37.5 Å². The Labute approximate surface area is 150 Å². The van der Waals surface area contributed by atoms with Crippen molar-refractivity contribution in [3.8, 4) is 0 Å². The summed E-state index contributed by atoms with van der Waals surface area (Å²) >= 11 is 2.00. The van der Waals surface area contributed by atoms with Crippen LogP contribution in [0.15, 0.2) is 30.3 Å². The number of benzene rings is 1. The standard InChI is InChI=1S/C19H29N3OS/c1-21(18-9-11-24-15-18)14-19(23)22-10-5-8-17(13-22)20-12-16-6-3-2-4-7-16/h2-4,6-7,17-18,20H,5,8-15H2,1H3/t17-,18-/m1/s1. The Morgan fingerprint density at radius 3 is 2.92 bits per heavy atom. The molecular weight excluding hydrogens is 318 g/mol. The van der Waals surface area contributed by atoms with Gasteiger partial charge >= 0.3 is 0 Å². The molecule has 132 valence electrons. The fourth-order valence-electron chi connectivity index (χ4n) is 3.54. The molecule has 0 saturated carbocycles. The second-order valence-electron chi connectivity index (χ2n) is 6.98. The monoisotopic (exact) mass is 347 g/mol. The van der Waals surface area contributed by atoms with Crippen molar-refractivity contribution in [1.29, 1.82) is 0 Å². The molecule has 0 aromatic heterocycles. The zero-order chi connectivity index (χ0) is 16.8. The van der Waals surface area contributed by atoms with Gasteiger partial charge in [0.25, 0.3) is 0 Å². The highest BCUT2D eigenvalue weighted by atomic mass is 32.2. The van der Waals surface area contributed by atoms with Gasteiger partial charge in [-0.15, -0.1) is 0 Å². The van der Waals surface area contributed by atoms with E-state index in [0.717, 1.165) is 32.5 Å². The van der Waals surface area contributed by atoms with Crippen LogP contribution in [0.4, 0.5) is 0 Å². The summed E-state index contributed by atoms with van der Waals surface area (Å²) in [6, 6.07) is 11.5. The number of likely N-dealkylation sites (N-methyl/N-ethyl adjacent to an activating group) is 1. The van der Waals surface area contributed by atoms with E-state index >= 15 is 0 Å². The Kier molecular flexibility index (Phi) is 6.58. The minimum atomic E-state index is 0.292. The van der Waals surface area contributed by atoms with Crippen LogP contribution in [0.25, 0.3) is 0 Å². The van der Waals surface area contributed by atoms with Crippen molar-refractivity contribution in [1.82, 2.24) is 15.1 Å². The molecule has 1 amide bonds. The summed E-state index contributed by atoms with van der Waals surface area (Å²) in [5.41, 5.74) is 1.31. The lowest BCUT2D eigenvalue weighted by Gasteiger charge is -2.35. The number of piperidine rings is 1. The van der Waals surface area contributed by atoms with E-state index in [1.54, 1.807) is 0 Å². The van der Waals surface area contributed by atoms with Crippen molar-refractivity contribution in [2.75, 3.05) is 38.2 Å².